The largest absolute Gasteiger partial charge is 0.247 e. The van der Waals surface area contributed by atoms with Crippen LogP contribution in [-0.4, -0.2) is 6.17 Å². The quantitative estimate of drug-likeness (QED) is 0.551. The van der Waals surface area contributed by atoms with Crippen molar-refractivity contribution in [1.82, 2.24) is 0 Å². The second-order valence-electron chi connectivity index (χ2n) is 2.75. The molecule has 0 aliphatic heterocycles. The summed E-state index contributed by atoms with van der Waals surface area (Å²) in [6, 6.07) is 0. The van der Waals surface area contributed by atoms with E-state index in [-0.39, 0.29) is 0 Å². The number of rotatable bonds is 4. The van der Waals surface area contributed by atoms with E-state index in [0.717, 1.165) is 12.8 Å². The summed E-state index contributed by atoms with van der Waals surface area (Å²) in [6.07, 6.45) is 1.94. The fourth-order valence-corrected chi connectivity index (χ4v) is 0.770. The van der Waals surface area contributed by atoms with Crippen molar-refractivity contribution in [3.05, 3.63) is 0 Å². The molecule has 0 bridgehead atoms. The molecule has 1 heteroatoms. The standard InChI is InChI=1S/C8H17F/c1-4-7(3)6-8(9)5-2/h7-8H,4-6H2,1-3H3/t7-,8+/m0/s1. The summed E-state index contributed by atoms with van der Waals surface area (Å²) < 4.78 is 12.6. The highest BCUT2D eigenvalue weighted by atomic mass is 19.1. The van der Waals surface area contributed by atoms with Gasteiger partial charge in [-0.1, -0.05) is 27.2 Å². The van der Waals surface area contributed by atoms with Gasteiger partial charge in [0.05, 0.1) is 0 Å². The van der Waals surface area contributed by atoms with Crippen LogP contribution in [0.25, 0.3) is 0 Å². The van der Waals surface area contributed by atoms with Crippen molar-refractivity contribution in [2.24, 2.45) is 5.92 Å². The Bertz CT molecular complexity index is 53.6. The highest BCUT2D eigenvalue weighted by Crippen LogP contribution is 2.13. The molecule has 9 heavy (non-hydrogen) atoms. The first-order valence-electron chi connectivity index (χ1n) is 3.84. The minimum Gasteiger partial charge on any atom is -0.247 e. The lowest BCUT2D eigenvalue weighted by molar-refractivity contribution is 0.265. The lowest BCUT2D eigenvalue weighted by atomic mass is 10.0. The maximum atomic E-state index is 12.6. The van der Waals surface area contributed by atoms with E-state index in [0.29, 0.717) is 12.3 Å². The van der Waals surface area contributed by atoms with E-state index in [9.17, 15) is 4.39 Å². The second kappa shape index (κ2) is 4.78. The van der Waals surface area contributed by atoms with Crippen LogP contribution in [0, 0.1) is 5.92 Å². The predicted molar refractivity (Wildman–Crippen MR) is 39.3 cm³/mol. The molecule has 0 radical (unpaired) electrons. The molecule has 56 valence electrons. The third-order valence-corrected chi connectivity index (χ3v) is 1.80. The first-order valence-corrected chi connectivity index (χ1v) is 3.84. The zero-order chi connectivity index (χ0) is 7.28. The Morgan fingerprint density at radius 2 is 1.78 bits per heavy atom. The van der Waals surface area contributed by atoms with Crippen LogP contribution in [-0.2, 0) is 0 Å². The molecule has 0 heterocycles. The van der Waals surface area contributed by atoms with Crippen molar-refractivity contribution in [1.29, 1.82) is 0 Å². The smallest absolute Gasteiger partial charge is 0.100 e. The minimum absolute atomic E-state index is 0.556. The van der Waals surface area contributed by atoms with Crippen molar-refractivity contribution >= 4 is 0 Å². The summed E-state index contributed by atoms with van der Waals surface area (Å²) in [4.78, 5) is 0. The van der Waals surface area contributed by atoms with Crippen LogP contribution >= 0.6 is 0 Å². The van der Waals surface area contributed by atoms with Gasteiger partial charge in [-0.05, 0) is 18.8 Å². The summed E-state index contributed by atoms with van der Waals surface area (Å²) in [5.74, 6) is 0.556. The number of halogens is 1. The molecule has 0 aromatic rings. The normalized spacial score (nSPS) is 17.3. The molecule has 0 aromatic heterocycles. The molecular weight excluding hydrogens is 115 g/mol. The Morgan fingerprint density at radius 1 is 1.22 bits per heavy atom. The van der Waals surface area contributed by atoms with Crippen LogP contribution in [0.2, 0.25) is 0 Å². The van der Waals surface area contributed by atoms with Crippen molar-refractivity contribution < 1.29 is 4.39 Å². The molecule has 0 amide bonds. The zero-order valence-corrected chi connectivity index (χ0v) is 6.65. The fourth-order valence-electron chi connectivity index (χ4n) is 0.770. The van der Waals surface area contributed by atoms with Gasteiger partial charge in [-0.3, -0.25) is 0 Å². The van der Waals surface area contributed by atoms with Gasteiger partial charge < -0.3 is 0 Å². The maximum Gasteiger partial charge on any atom is 0.100 e. The SMILES string of the molecule is CC[C@H](C)C[C@H](F)CC. The highest BCUT2D eigenvalue weighted by molar-refractivity contribution is 4.57. The molecule has 0 nitrogen and oxygen atoms in total. The van der Waals surface area contributed by atoms with E-state index in [1.54, 1.807) is 0 Å². The van der Waals surface area contributed by atoms with E-state index in [1.807, 2.05) is 6.92 Å². The highest BCUT2D eigenvalue weighted by Gasteiger charge is 2.06. The zero-order valence-electron chi connectivity index (χ0n) is 6.65. The summed E-state index contributed by atoms with van der Waals surface area (Å²) in [5, 5.41) is 0. The Labute approximate surface area is 57.5 Å². The Morgan fingerprint density at radius 3 is 2.11 bits per heavy atom. The van der Waals surface area contributed by atoms with E-state index in [2.05, 4.69) is 13.8 Å². The molecule has 0 spiro atoms. The van der Waals surface area contributed by atoms with Crippen molar-refractivity contribution in [3.63, 3.8) is 0 Å². The Kier molecular flexibility index (Phi) is 4.74. The molecule has 0 aliphatic rings. The van der Waals surface area contributed by atoms with Crippen LogP contribution in [0.15, 0.2) is 0 Å². The van der Waals surface area contributed by atoms with Crippen molar-refractivity contribution in [2.45, 2.75) is 46.2 Å². The molecule has 0 saturated heterocycles. The number of hydrogen-bond acceptors (Lipinski definition) is 0. The van der Waals surface area contributed by atoms with Gasteiger partial charge in [0.1, 0.15) is 6.17 Å². The molecule has 0 unspecified atom stereocenters. The maximum absolute atomic E-state index is 12.6. The lowest BCUT2D eigenvalue weighted by Gasteiger charge is -2.09. The van der Waals surface area contributed by atoms with Gasteiger partial charge in [0.25, 0.3) is 0 Å². The molecule has 0 aliphatic carbocycles. The fraction of sp³-hybridized carbons (Fsp3) is 1.00. The molecule has 2 atom stereocenters. The third-order valence-electron chi connectivity index (χ3n) is 1.80. The topological polar surface area (TPSA) is 0 Å². The predicted octanol–water partition coefficient (Wildman–Crippen LogP) is 3.17. The van der Waals surface area contributed by atoms with E-state index in [4.69, 9.17) is 0 Å². The van der Waals surface area contributed by atoms with Crippen LogP contribution < -0.4 is 0 Å². The van der Waals surface area contributed by atoms with Crippen LogP contribution in [0.3, 0.4) is 0 Å². The minimum atomic E-state index is -0.569. The molecule has 0 aromatic carbocycles. The monoisotopic (exact) mass is 132 g/mol. The van der Waals surface area contributed by atoms with Gasteiger partial charge in [0.15, 0.2) is 0 Å². The molecule has 0 N–H and O–H groups in total. The number of hydrogen-bond donors (Lipinski definition) is 0. The second-order valence-corrected chi connectivity index (χ2v) is 2.75. The summed E-state index contributed by atoms with van der Waals surface area (Å²) in [5.41, 5.74) is 0. The van der Waals surface area contributed by atoms with Gasteiger partial charge in [-0.25, -0.2) is 4.39 Å². The average Bonchev–Trinajstić information content (AvgIpc) is 1.87. The van der Waals surface area contributed by atoms with E-state index < -0.39 is 6.17 Å². The number of alkyl halides is 1. The van der Waals surface area contributed by atoms with Crippen molar-refractivity contribution in [2.75, 3.05) is 0 Å². The Hall–Kier alpha value is -0.0700. The van der Waals surface area contributed by atoms with Crippen LogP contribution in [0.4, 0.5) is 4.39 Å². The van der Waals surface area contributed by atoms with Gasteiger partial charge in [-0.15, -0.1) is 0 Å². The first-order chi connectivity index (χ1) is 4.20. The first kappa shape index (κ1) is 8.93. The summed E-state index contributed by atoms with van der Waals surface area (Å²) >= 11 is 0. The van der Waals surface area contributed by atoms with E-state index in [1.165, 1.54) is 0 Å². The Balaban J connectivity index is 3.22. The average molecular weight is 132 g/mol. The van der Waals surface area contributed by atoms with Gasteiger partial charge in [0.2, 0.25) is 0 Å². The van der Waals surface area contributed by atoms with Gasteiger partial charge in [-0.2, -0.15) is 0 Å². The summed E-state index contributed by atoms with van der Waals surface area (Å²) in [6.45, 7) is 6.10. The van der Waals surface area contributed by atoms with Gasteiger partial charge in [0, 0.05) is 0 Å². The third kappa shape index (κ3) is 4.43. The van der Waals surface area contributed by atoms with Crippen molar-refractivity contribution in [3.8, 4) is 0 Å². The lowest BCUT2D eigenvalue weighted by Crippen LogP contribution is -2.04. The molecule has 0 saturated carbocycles. The van der Waals surface area contributed by atoms with Gasteiger partial charge >= 0.3 is 0 Å². The molecular formula is C8H17F. The van der Waals surface area contributed by atoms with Crippen LogP contribution in [0.5, 0.6) is 0 Å². The summed E-state index contributed by atoms with van der Waals surface area (Å²) in [7, 11) is 0. The molecule has 0 fully saturated rings. The van der Waals surface area contributed by atoms with E-state index >= 15 is 0 Å². The molecule has 0 rings (SSSR count). The van der Waals surface area contributed by atoms with Crippen LogP contribution in [0.1, 0.15) is 40.0 Å².